The third kappa shape index (κ3) is 3.37. The SMILES string of the molecule is CC(=O)/C=C(/C)[O][Al-2]12([O]/C(C)=C\C(C)=O)[O]C(=O)c3cc(O)c(c(c3)[O]1)[O]2. The number of rotatable bonds is 6. The van der Waals surface area contributed by atoms with Gasteiger partial charge in [0, 0.05) is 0 Å². The van der Waals surface area contributed by atoms with Gasteiger partial charge in [0.25, 0.3) is 0 Å². The summed E-state index contributed by atoms with van der Waals surface area (Å²) in [6, 6.07) is 2.47. The molecule has 0 amide bonds. The predicted octanol–water partition coefficient (Wildman–Crippen LogP) is 2.24. The van der Waals surface area contributed by atoms with Gasteiger partial charge in [-0.2, -0.15) is 0 Å². The first-order valence-corrected chi connectivity index (χ1v) is 10.5. The van der Waals surface area contributed by atoms with Gasteiger partial charge < -0.3 is 0 Å². The Morgan fingerprint density at radius 3 is 2.04 bits per heavy atom. The molecule has 2 aliphatic rings. The maximum atomic E-state index is 12.5. The van der Waals surface area contributed by atoms with E-state index in [1.165, 1.54) is 33.8 Å². The van der Waals surface area contributed by atoms with Crippen molar-refractivity contribution in [3.8, 4) is 17.2 Å². The van der Waals surface area contributed by atoms with Crippen molar-refractivity contribution in [2.75, 3.05) is 0 Å². The van der Waals surface area contributed by atoms with Gasteiger partial charge in [-0.25, -0.2) is 0 Å². The standard InChI is InChI=1S/C7H6O5.2C5H8O2.Al/c8-4-1-3(7(11)12)2-5(9)6(4)10;2*1-4(6)3-5(2)7;/h1-2,8-10H,(H,11,12);2*3,6H,1-2H3;/q;;;+3/p-5/b;2*4-3-;. The van der Waals surface area contributed by atoms with Crippen LogP contribution in [0.3, 0.4) is 0 Å². The van der Waals surface area contributed by atoms with Crippen molar-refractivity contribution in [1.82, 2.24) is 0 Å². The maximum absolute atomic E-state index is 12.5. The molecule has 1 aromatic carbocycles. The summed E-state index contributed by atoms with van der Waals surface area (Å²) < 4.78 is 28.3. The van der Waals surface area contributed by atoms with Crippen molar-refractivity contribution < 1.29 is 38.4 Å². The van der Waals surface area contributed by atoms with Crippen molar-refractivity contribution >= 4 is 31.2 Å². The zero-order chi connectivity index (χ0) is 20.0. The molecule has 0 fully saturated rings. The van der Waals surface area contributed by atoms with E-state index in [9.17, 15) is 19.5 Å². The quantitative estimate of drug-likeness (QED) is 0.442. The van der Waals surface area contributed by atoms with E-state index in [0.29, 0.717) is 0 Å². The van der Waals surface area contributed by atoms with Crippen LogP contribution in [0, 0.1) is 0 Å². The summed E-state index contributed by atoms with van der Waals surface area (Å²) in [5.74, 6) is -2.08. The summed E-state index contributed by atoms with van der Waals surface area (Å²) in [5.41, 5.74) is 0.00616. The van der Waals surface area contributed by atoms with E-state index in [-0.39, 0.29) is 45.9 Å². The Balaban J connectivity index is 2.17. The van der Waals surface area contributed by atoms with Crippen LogP contribution in [-0.2, 0) is 21.0 Å². The topological polar surface area (TPSA) is 118 Å². The summed E-state index contributed by atoms with van der Waals surface area (Å²) in [7, 11) is 0. The average molecular weight is 392 g/mol. The first-order valence-electron chi connectivity index (χ1n) is 8.09. The first-order chi connectivity index (χ1) is 12.5. The zero-order valence-corrected chi connectivity index (χ0v) is 16.3. The van der Waals surface area contributed by atoms with Gasteiger partial charge in [0.15, 0.2) is 0 Å². The van der Waals surface area contributed by atoms with Gasteiger partial charge in [0.05, 0.1) is 0 Å². The average Bonchev–Trinajstić information content (AvgIpc) is 2.74. The van der Waals surface area contributed by atoms with Crippen molar-refractivity contribution in [2.45, 2.75) is 27.7 Å². The minimum absolute atomic E-state index is 0.00279. The number of hydrogen-bond acceptors (Lipinski definition) is 9. The summed E-state index contributed by atoms with van der Waals surface area (Å²) in [6.45, 7) is 5.44. The molecule has 0 saturated carbocycles. The molecule has 0 spiro atoms. The Morgan fingerprint density at radius 1 is 0.963 bits per heavy atom. The van der Waals surface area contributed by atoms with E-state index in [1.807, 2.05) is 0 Å². The molecule has 2 aliphatic heterocycles. The van der Waals surface area contributed by atoms with Gasteiger partial charge in [0.2, 0.25) is 0 Å². The summed E-state index contributed by atoms with van der Waals surface area (Å²) in [4.78, 5) is 35.3. The van der Waals surface area contributed by atoms with Crippen LogP contribution in [0.1, 0.15) is 38.1 Å². The van der Waals surface area contributed by atoms with Crippen LogP contribution in [0.25, 0.3) is 0 Å². The van der Waals surface area contributed by atoms with Crippen LogP contribution in [0.15, 0.2) is 35.8 Å². The number of allylic oxidation sites excluding steroid dienone is 4. The molecule has 27 heavy (non-hydrogen) atoms. The Kier molecular flexibility index (Phi) is 4.21. The Bertz CT molecular complexity index is 912. The molecule has 0 saturated heterocycles. The van der Waals surface area contributed by atoms with Crippen LogP contribution in [0.4, 0.5) is 0 Å². The molecule has 0 radical (unpaired) electrons. The van der Waals surface area contributed by atoms with Crippen molar-refractivity contribution in [3.05, 3.63) is 41.4 Å². The van der Waals surface area contributed by atoms with E-state index in [0.717, 1.165) is 18.2 Å². The molecule has 3 rings (SSSR count). The van der Waals surface area contributed by atoms with Gasteiger partial charge in [-0.15, -0.1) is 0 Å². The molecule has 1 N–H and O–H groups in total. The minimum atomic E-state index is -5.86. The molecule has 0 aromatic heterocycles. The molecule has 2 heterocycles. The zero-order valence-electron chi connectivity index (χ0n) is 15.1. The first kappa shape index (κ1) is 18.8. The number of benzene rings is 1. The predicted molar refractivity (Wildman–Crippen MR) is 91.6 cm³/mol. The number of phenols is 1. The van der Waals surface area contributed by atoms with Crippen LogP contribution in [0.2, 0.25) is 0 Å². The van der Waals surface area contributed by atoms with E-state index in [2.05, 4.69) is 0 Å². The monoisotopic (exact) mass is 392 g/mol. The molecule has 0 atom stereocenters. The molecule has 1 aromatic rings. The second-order valence-electron chi connectivity index (χ2n) is 6.39. The number of phenolic OH excluding ortho intramolecular Hbond substituents is 1. The van der Waals surface area contributed by atoms with Gasteiger partial charge in [-0.3, -0.25) is 0 Å². The molecule has 3 bridgehead atoms. The fourth-order valence-electron chi connectivity index (χ4n) is 3.04. The second-order valence-corrected chi connectivity index (χ2v) is 9.50. The molecule has 10 heteroatoms. The van der Waals surface area contributed by atoms with Crippen LogP contribution < -0.4 is 7.58 Å². The van der Waals surface area contributed by atoms with Gasteiger partial charge in [-0.1, -0.05) is 0 Å². The molecule has 0 unspecified atom stereocenters. The summed E-state index contributed by atoms with van der Waals surface area (Å²) >= 11 is -5.86. The van der Waals surface area contributed by atoms with Crippen LogP contribution >= 0.6 is 0 Å². The normalized spacial score (nSPS) is 20.3. The molecular weight excluding hydrogens is 375 g/mol. The summed E-state index contributed by atoms with van der Waals surface area (Å²) in [6.07, 6.45) is 2.26. The van der Waals surface area contributed by atoms with E-state index < -0.39 is 19.6 Å². The fourth-order valence-corrected chi connectivity index (χ4v) is 6.57. The molecular formula is C17H17AlO9-2. The van der Waals surface area contributed by atoms with E-state index >= 15 is 0 Å². The Hall–Kier alpha value is -2.96. The van der Waals surface area contributed by atoms with E-state index in [1.54, 1.807) is 0 Å². The number of hydrogen-bond donors (Lipinski definition) is 1. The molecule has 144 valence electrons. The number of aromatic hydroxyl groups is 1. The number of carbonyl (C=O) groups excluding carboxylic acids is 3. The number of carbonyl (C=O) groups is 3. The third-order valence-corrected chi connectivity index (χ3v) is 7.14. The summed E-state index contributed by atoms with van der Waals surface area (Å²) in [5, 5.41) is 10.1. The molecule has 9 nitrogen and oxygen atoms in total. The van der Waals surface area contributed by atoms with Crippen LogP contribution in [-0.4, -0.2) is 36.3 Å². The fraction of sp³-hybridized carbons (Fsp3) is 0.235. The molecule has 0 aliphatic carbocycles. The van der Waals surface area contributed by atoms with Crippen molar-refractivity contribution in [3.63, 3.8) is 0 Å². The van der Waals surface area contributed by atoms with Gasteiger partial charge in [0.1, 0.15) is 0 Å². The van der Waals surface area contributed by atoms with Crippen molar-refractivity contribution in [1.29, 1.82) is 0 Å². The Morgan fingerprint density at radius 2 is 1.52 bits per heavy atom. The van der Waals surface area contributed by atoms with E-state index in [4.69, 9.17) is 18.9 Å². The third-order valence-electron chi connectivity index (χ3n) is 3.77. The van der Waals surface area contributed by atoms with Crippen LogP contribution in [0.5, 0.6) is 17.2 Å². The van der Waals surface area contributed by atoms with Gasteiger partial charge in [-0.05, 0) is 0 Å². The van der Waals surface area contributed by atoms with Gasteiger partial charge >= 0.3 is 156 Å². The Labute approximate surface area is 156 Å². The number of fused-ring (bicyclic) bond motifs is 2. The number of ketones is 2. The second kappa shape index (κ2) is 6.04. The van der Waals surface area contributed by atoms with Crippen molar-refractivity contribution in [2.24, 2.45) is 0 Å².